The van der Waals surface area contributed by atoms with Crippen molar-refractivity contribution >= 4 is 18.0 Å². The molecule has 0 radical (unpaired) electrons. The minimum Gasteiger partial charge on any atom is -0.480 e. The Morgan fingerprint density at radius 2 is 1.67 bits per heavy atom. The van der Waals surface area contributed by atoms with Crippen LogP contribution < -0.4 is 5.32 Å². The van der Waals surface area contributed by atoms with Gasteiger partial charge in [0.1, 0.15) is 12.6 Å². The van der Waals surface area contributed by atoms with E-state index in [0.29, 0.717) is 25.7 Å². The monoisotopic (exact) mass is 450 g/mol. The zero-order valence-electron chi connectivity index (χ0n) is 19.0. The maximum atomic E-state index is 12.7. The van der Waals surface area contributed by atoms with Gasteiger partial charge in [0, 0.05) is 24.9 Å². The van der Waals surface area contributed by atoms with E-state index in [1.807, 2.05) is 24.3 Å². The molecule has 7 heteroatoms. The zero-order valence-corrected chi connectivity index (χ0v) is 19.0. The molecule has 1 fully saturated rings. The first-order valence-corrected chi connectivity index (χ1v) is 11.5. The van der Waals surface area contributed by atoms with Gasteiger partial charge < -0.3 is 20.1 Å². The van der Waals surface area contributed by atoms with E-state index < -0.39 is 18.1 Å². The number of likely N-dealkylation sites (N-methyl/N-ethyl adjacent to an activating group) is 1. The van der Waals surface area contributed by atoms with Crippen LogP contribution in [0, 0.1) is 5.92 Å². The van der Waals surface area contributed by atoms with Crippen molar-refractivity contribution in [1.82, 2.24) is 10.2 Å². The number of aliphatic carboxylic acids is 1. The highest BCUT2D eigenvalue weighted by Crippen LogP contribution is 2.44. The minimum absolute atomic E-state index is 0.00306. The van der Waals surface area contributed by atoms with Gasteiger partial charge in [0.15, 0.2) is 0 Å². The van der Waals surface area contributed by atoms with Crippen LogP contribution in [0.1, 0.15) is 49.7 Å². The summed E-state index contributed by atoms with van der Waals surface area (Å²) in [6.45, 7) is 1.99. The summed E-state index contributed by atoms with van der Waals surface area (Å²) >= 11 is 0. The largest absolute Gasteiger partial charge is 0.480 e. The van der Waals surface area contributed by atoms with E-state index in [4.69, 9.17) is 4.74 Å². The molecule has 0 heterocycles. The number of carbonyl (C=O) groups excluding carboxylic acids is 2. The third kappa shape index (κ3) is 4.58. The maximum absolute atomic E-state index is 12.7. The summed E-state index contributed by atoms with van der Waals surface area (Å²) in [5, 5.41) is 12.2. The lowest BCUT2D eigenvalue weighted by Gasteiger charge is -2.26. The summed E-state index contributed by atoms with van der Waals surface area (Å²) in [7, 11) is 1.54. The molecule has 7 nitrogen and oxygen atoms in total. The first-order chi connectivity index (χ1) is 15.9. The summed E-state index contributed by atoms with van der Waals surface area (Å²) in [5.41, 5.74) is 4.67. The van der Waals surface area contributed by atoms with Crippen LogP contribution in [-0.2, 0) is 14.3 Å². The van der Waals surface area contributed by atoms with Crippen molar-refractivity contribution in [2.45, 2.75) is 50.6 Å². The number of carboxylic acids is 1. The number of carboxylic acid groups (broad SMARTS) is 1. The van der Waals surface area contributed by atoms with Gasteiger partial charge in [0.2, 0.25) is 5.91 Å². The molecular weight excluding hydrogens is 420 g/mol. The Bertz CT molecular complexity index is 1010. The van der Waals surface area contributed by atoms with Crippen LogP contribution in [-0.4, -0.2) is 53.7 Å². The van der Waals surface area contributed by atoms with Gasteiger partial charge in [-0.25, -0.2) is 9.59 Å². The molecule has 2 amide bonds. The van der Waals surface area contributed by atoms with Crippen molar-refractivity contribution < 1.29 is 24.2 Å². The summed E-state index contributed by atoms with van der Waals surface area (Å²) in [4.78, 5) is 38.0. The second kappa shape index (κ2) is 9.65. The molecular formula is C26H30N2O5. The quantitative estimate of drug-likeness (QED) is 0.664. The number of nitrogens with zero attached hydrogens (tertiary/aromatic N) is 1. The van der Waals surface area contributed by atoms with Gasteiger partial charge in [0.05, 0.1) is 0 Å². The van der Waals surface area contributed by atoms with E-state index >= 15 is 0 Å². The zero-order chi connectivity index (χ0) is 23.5. The van der Waals surface area contributed by atoms with Crippen molar-refractivity contribution in [3.05, 3.63) is 59.7 Å². The van der Waals surface area contributed by atoms with Gasteiger partial charge in [-0.3, -0.25) is 4.79 Å². The first-order valence-electron chi connectivity index (χ1n) is 11.5. The molecule has 2 N–H and O–H groups in total. The average Bonchev–Trinajstić information content (AvgIpc) is 3.40. The van der Waals surface area contributed by atoms with E-state index in [1.165, 1.54) is 23.1 Å². The standard InChI is InChI=1S/C26H30N2O5/c1-3-23(25(30)31)28(2)24(29)16-12-13-17(14-16)27-26(32)33-15-22-20-10-6-4-8-18(20)19-9-5-7-11-21(19)22/h4-11,16-17,22-23H,3,12-15H2,1-2H3,(H,27,32)(H,30,31)/t16-,17+,23?/m0/s1. The number of fused-ring (bicyclic) bond motifs is 3. The second-order valence-corrected chi connectivity index (χ2v) is 8.89. The molecule has 0 aromatic heterocycles. The van der Waals surface area contributed by atoms with Crippen molar-refractivity contribution in [2.75, 3.05) is 13.7 Å². The fourth-order valence-corrected chi connectivity index (χ4v) is 5.20. The first kappa shape index (κ1) is 22.8. The highest BCUT2D eigenvalue weighted by molar-refractivity contribution is 5.85. The van der Waals surface area contributed by atoms with Crippen molar-refractivity contribution in [2.24, 2.45) is 5.92 Å². The number of ether oxygens (including phenoxy) is 1. The van der Waals surface area contributed by atoms with Crippen LogP contribution in [0.25, 0.3) is 11.1 Å². The van der Waals surface area contributed by atoms with Gasteiger partial charge >= 0.3 is 12.1 Å². The topological polar surface area (TPSA) is 95.9 Å². The van der Waals surface area contributed by atoms with Crippen LogP contribution in [0.5, 0.6) is 0 Å². The van der Waals surface area contributed by atoms with E-state index in [1.54, 1.807) is 6.92 Å². The lowest BCUT2D eigenvalue weighted by molar-refractivity contribution is -0.150. The normalized spacial score (nSPS) is 19.9. The van der Waals surface area contributed by atoms with E-state index in [2.05, 4.69) is 29.6 Å². The number of rotatable bonds is 7. The molecule has 1 unspecified atom stereocenters. The summed E-state index contributed by atoms with van der Waals surface area (Å²) < 4.78 is 5.61. The highest BCUT2D eigenvalue weighted by Gasteiger charge is 2.36. The average molecular weight is 451 g/mol. The van der Waals surface area contributed by atoms with Crippen LogP contribution in [0.2, 0.25) is 0 Å². The van der Waals surface area contributed by atoms with Crippen LogP contribution in [0.3, 0.4) is 0 Å². The number of alkyl carbamates (subject to hydrolysis) is 1. The van der Waals surface area contributed by atoms with Gasteiger partial charge in [-0.1, -0.05) is 55.5 Å². The molecule has 2 aliphatic carbocycles. The Kier molecular flexibility index (Phi) is 6.67. The molecule has 2 aliphatic rings. The molecule has 174 valence electrons. The molecule has 3 atom stereocenters. The third-order valence-electron chi connectivity index (χ3n) is 6.93. The van der Waals surface area contributed by atoms with Crippen molar-refractivity contribution in [3.63, 3.8) is 0 Å². The Morgan fingerprint density at radius 3 is 2.24 bits per heavy atom. The number of hydrogen-bond acceptors (Lipinski definition) is 4. The van der Waals surface area contributed by atoms with Crippen LogP contribution in [0.4, 0.5) is 4.79 Å². The van der Waals surface area contributed by atoms with E-state index in [9.17, 15) is 19.5 Å². The van der Waals surface area contributed by atoms with Crippen molar-refractivity contribution in [1.29, 1.82) is 0 Å². The molecule has 2 aromatic rings. The number of nitrogens with one attached hydrogen (secondary N) is 1. The SMILES string of the molecule is CCC(C(=O)O)N(C)C(=O)[C@H]1CC[C@@H](NC(=O)OCC2c3ccccc3-c3ccccc32)C1. The molecule has 0 saturated heterocycles. The molecule has 33 heavy (non-hydrogen) atoms. The van der Waals surface area contributed by atoms with Gasteiger partial charge in [-0.05, 0) is 47.9 Å². The molecule has 0 aliphatic heterocycles. The number of hydrogen-bond donors (Lipinski definition) is 2. The maximum Gasteiger partial charge on any atom is 0.407 e. The highest BCUT2D eigenvalue weighted by atomic mass is 16.5. The third-order valence-corrected chi connectivity index (χ3v) is 6.93. The lowest BCUT2D eigenvalue weighted by atomic mass is 9.98. The second-order valence-electron chi connectivity index (χ2n) is 8.89. The fraction of sp³-hybridized carbons (Fsp3) is 0.423. The molecule has 0 bridgehead atoms. The Balaban J connectivity index is 1.32. The van der Waals surface area contributed by atoms with Gasteiger partial charge in [0.25, 0.3) is 0 Å². The van der Waals surface area contributed by atoms with Crippen LogP contribution >= 0.6 is 0 Å². The van der Waals surface area contributed by atoms with E-state index in [0.717, 1.165) is 11.1 Å². The number of benzene rings is 2. The summed E-state index contributed by atoms with van der Waals surface area (Å²) in [5.74, 6) is -1.47. The lowest BCUT2D eigenvalue weighted by Crippen LogP contribution is -2.44. The Hall–Kier alpha value is -3.35. The fourth-order valence-electron chi connectivity index (χ4n) is 5.20. The summed E-state index contributed by atoms with van der Waals surface area (Å²) in [6.07, 6.45) is 1.64. The molecule has 2 aromatic carbocycles. The molecule has 4 rings (SSSR count). The van der Waals surface area contributed by atoms with Gasteiger partial charge in [-0.2, -0.15) is 0 Å². The smallest absolute Gasteiger partial charge is 0.407 e. The number of amides is 2. The predicted octanol–water partition coefficient (Wildman–Crippen LogP) is 4.02. The van der Waals surface area contributed by atoms with Crippen LogP contribution in [0.15, 0.2) is 48.5 Å². The van der Waals surface area contributed by atoms with E-state index in [-0.39, 0.29) is 30.4 Å². The Morgan fingerprint density at radius 1 is 1.06 bits per heavy atom. The predicted molar refractivity (Wildman–Crippen MR) is 124 cm³/mol. The summed E-state index contributed by atoms with van der Waals surface area (Å²) in [6, 6.07) is 15.4. The Labute approximate surface area is 193 Å². The van der Waals surface area contributed by atoms with Gasteiger partial charge in [-0.15, -0.1) is 0 Å². The number of carbonyl (C=O) groups is 3. The minimum atomic E-state index is -1.00. The molecule has 1 saturated carbocycles. The molecule has 0 spiro atoms. The van der Waals surface area contributed by atoms with Crippen molar-refractivity contribution in [3.8, 4) is 11.1 Å².